The normalized spacial score (nSPS) is 14.9. The number of carbonyl (C=O) groups excluding carboxylic acids is 3. The van der Waals surface area contributed by atoms with E-state index in [-0.39, 0.29) is 29.4 Å². The second-order valence-corrected chi connectivity index (χ2v) is 5.62. The van der Waals surface area contributed by atoms with Gasteiger partial charge < -0.3 is 5.32 Å². The van der Waals surface area contributed by atoms with Gasteiger partial charge in [0.15, 0.2) is 0 Å². The number of anilines is 1. The lowest BCUT2D eigenvalue weighted by Gasteiger charge is -2.12. The van der Waals surface area contributed by atoms with Gasteiger partial charge in [-0.15, -0.1) is 11.8 Å². The van der Waals surface area contributed by atoms with Crippen LogP contribution in [-0.2, 0) is 9.59 Å². The molecule has 1 N–H and O–H groups in total. The maximum atomic E-state index is 11.8. The van der Waals surface area contributed by atoms with Crippen LogP contribution in [-0.4, -0.2) is 40.5 Å². The second-order valence-electron chi connectivity index (χ2n) is 3.81. The molecule has 0 unspecified atom stereocenters. The molecule has 1 saturated heterocycles. The van der Waals surface area contributed by atoms with Crippen molar-refractivity contribution in [1.82, 2.24) is 4.90 Å². The Morgan fingerprint density at radius 3 is 2.89 bits per heavy atom. The van der Waals surface area contributed by atoms with E-state index in [1.54, 1.807) is 17.8 Å². The molecule has 3 amide bonds. The first kappa shape index (κ1) is 14.0. The molecule has 0 aromatic heterocycles. The maximum Gasteiger partial charge on any atom is 0.289 e. The Hall–Kier alpha value is -1.47. The van der Waals surface area contributed by atoms with E-state index in [0.29, 0.717) is 5.69 Å². The molecule has 5 nitrogen and oxygen atoms in total. The van der Waals surface area contributed by atoms with Crippen molar-refractivity contribution in [3.63, 3.8) is 0 Å². The van der Waals surface area contributed by atoms with Crippen LogP contribution in [0.15, 0.2) is 29.2 Å². The quantitative estimate of drug-likeness (QED) is 0.861. The zero-order chi connectivity index (χ0) is 13.8. The summed E-state index contributed by atoms with van der Waals surface area (Å²) in [5.74, 6) is -0.570. The molecular formula is C12H12N2O3S2. The molecule has 1 fully saturated rings. The summed E-state index contributed by atoms with van der Waals surface area (Å²) >= 11 is 2.49. The molecule has 1 aromatic rings. The zero-order valence-corrected chi connectivity index (χ0v) is 11.8. The summed E-state index contributed by atoms with van der Waals surface area (Å²) in [7, 11) is 0. The Balaban J connectivity index is 1.97. The van der Waals surface area contributed by atoms with Gasteiger partial charge in [0.25, 0.3) is 5.24 Å². The number of nitrogens with zero attached hydrogens (tertiary/aromatic N) is 1. The van der Waals surface area contributed by atoms with Crippen LogP contribution < -0.4 is 5.32 Å². The molecule has 1 aliphatic rings. The first-order valence-corrected chi connectivity index (χ1v) is 7.72. The van der Waals surface area contributed by atoms with Crippen molar-refractivity contribution in [3.8, 4) is 0 Å². The van der Waals surface area contributed by atoms with Gasteiger partial charge in [0.2, 0.25) is 11.8 Å². The number of carbonyl (C=O) groups is 3. The fraction of sp³-hybridized carbons (Fsp3) is 0.250. The van der Waals surface area contributed by atoms with Crippen LogP contribution in [0.1, 0.15) is 0 Å². The highest BCUT2D eigenvalue weighted by Crippen LogP contribution is 2.20. The highest BCUT2D eigenvalue weighted by molar-refractivity contribution is 8.14. The molecule has 0 saturated carbocycles. The van der Waals surface area contributed by atoms with Gasteiger partial charge in [0, 0.05) is 10.6 Å². The fourth-order valence-corrected chi connectivity index (χ4v) is 2.76. The third kappa shape index (κ3) is 3.51. The smallest absolute Gasteiger partial charge is 0.289 e. The molecule has 0 atom stereocenters. The van der Waals surface area contributed by atoms with Gasteiger partial charge in [-0.1, -0.05) is 17.8 Å². The maximum absolute atomic E-state index is 11.8. The average Bonchev–Trinajstić information content (AvgIpc) is 2.71. The third-order valence-corrected chi connectivity index (χ3v) is 4.08. The van der Waals surface area contributed by atoms with Crippen molar-refractivity contribution in [2.45, 2.75) is 4.90 Å². The van der Waals surface area contributed by atoms with E-state index in [9.17, 15) is 14.4 Å². The minimum Gasteiger partial charge on any atom is -0.324 e. The average molecular weight is 296 g/mol. The molecule has 0 aliphatic carbocycles. The van der Waals surface area contributed by atoms with E-state index in [0.717, 1.165) is 21.6 Å². The van der Waals surface area contributed by atoms with E-state index in [1.165, 1.54) is 0 Å². The molecule has 7 heteroatoms. The van der Waals surface area contributed by atoms with E-state index < -0.39 is 0 Å². The Morgan fingerprint density at radius 2 is 2.26 bits per heavy atom. The largest absolute Gasteiger partial charge is 0.324 e. The minimum absolute atomic E-state index is 0.119. The van der Waals surface area contributed by atoms with Crippen molar-refractivity contribution in [3.05, 3.63) is 24.3 Å². The van der Waals surface area contributed by atoms with Crippen LogP contribution in [0, 0.1) is 0 Å². The van der Waals surface area contributed by atoms with E-state index in [1.807, 2.05) is 24.5 Å². The number of hydrogen-bond acceptors (Lipinski definition) is 5. The number of amides is 3. The van der Waals surface area contributed by atoms with E-state index >= 15 is 0 Å². The van der Waals surface area contributed by atoms with Crippen LogP contribution >= 0.6 is 23.5 Å². The molecule has 0 radical (unpaired) electrons. The highest BCUT2D eigenvalue weighted by Gasteiger charge is 2.31. The van der Waals surface area contributed by atoms with Crippen LogP contribution in [0.2, 0.25) is 0 Å². The van der Waals surface area contributed by atoms with Gasteiger partial charge in [-0.2, -0.15) is 0 Å². The molecule has 2 rings (SSSR count). The van der Waals surface area contributed by atoms with Crippen LogP contribution in [0.3, 0.4) is 0 Å². The van der Waals surface area contributed by atoms with Crippen molar-refractivity contribution in [2.24, 2.45) is 0 Å². The van der Waals surface area contributed by atoms with Crippen LogP contribution in [0.4, 0.5) is 10.5 Å². The van der Waals surface area contributed by atoms with Gasteiger partial charge in [-0.05, 0) is 24.5 Å². The number of thioether (sulfide) groups is 2. The molecule has 1 aromatic carbocycles. The lowest BCUT2D eigenvalue weighted by atomic mass is 10.3. The first-order valence-electron chi connectivity index (χ1n) is 5.51. The Kier molecular flexibility index (Phi) is 4.49. The van der Waals surface area contributed by atoms with E-state index in [2.05, 4.69) is 5.32 Å². The zero-order valence-electron chi connectivity index (χ0n) is 10.2. The topological polar surface area (TPSA) is 66.5 Å². The lowest BCUT2D eigenvalue weighted by Crippen LogP contribution is -2.36. The third-order valence-electron chi connectivity index (χ3n) is 2.50. The van der Waals surface area contributed by atoms with Crippen molar-refractivity contribution in [2.75, 3.05) is 23.9 Å². The Bertz CT molecular complexity index is 517. The summed E-state index contributed by atoms with van der Waals surface area (Å²) in [5, 5.41) is 2.31. The predicted octanol–water partition coefficient (Wildman–Crippen LogP) is 2.04. The van der Waals surface area contributed by atoms with Crippen molar-refractivity contribution < 1.29 is 14.4 Å². The first-order chi connectivity index (χ1) is 9.10. The molecule has 0 bridgehead atoms. The summed E-state index contributed by atoms with van der Waals surface area (Å²) in [6, 6.07) is 7.37. The SMILES string of the molecule is CSc1cccc(NC(=O)CN2C(=O)CSC2=O)c1. The van der Waals surface area contributed by atoms with Gasteiger partial charge in [0.1, 0.15) is 6.54 Å². The lowest BCUT2D eigenvalue weighted by molar-refractivity contribution is -0.128. The van der Waals surface area contributed by atoms with Gasteiger partial charge >= 0.3 is 0 Å². The predicted molar refractivity (Wildman–Crippen MR) is 76.4 cm³/mol. The summed E-state index contributed by atoms with van der Waals surface area (Å²) in [6.07, 6.45) is 1.94. The molecule has 1 aliphatic heterocycles. The standard InChI is InChI=1S/C12H12N2O3S2/c1-18-9-4-2-3-8(5-9)13-10(15)6-14-11(16)7-19-12(14)17/h2-5H,6-7H2,1H3,(H,13,15). The summed E-state index contributed by atoms with van der Waals surface area (Å²) in [6.45, 7) is -0.228. The molecule has 19 heavy (non-hydrogen) atoms. The van der Waals surface area contributed by atoms with Crippen molar-refractivity contribution in [1.29, 1.82) is 0 Å². The van der Waals surface area contributed by atoms with Crippen LogP contribution in [0.5, 0.6) is 0 Å². The van der Waals surface area contributed by atoms with Gasteiger partial charge in [0.05, 0.1) is 5.75 Å². The monoisotopic (exact) mass is 296 g/mol. The fourth-order valence-electron chi connectivity index (χ4n) is 1.58. The number of imide groups is 1. The van der Waals surface area contributed by atoms with Crippen LogP contribution in [0.25, 0.3) is 0 Å². The second kappa shape index (κ2) is 6.12. The molecule has 1 heterocycles. The minimum atomic E-state index is -0.373. The van der Waals surface area contributed by atoms with Gasteiger partial charge in [-0.3, -0.25) is 19.3 Å². The van der Waals surface area contributed by atoms with E-state index in [4.69, 9.17) is 0 Å². The Morgan fingerprint density at radius 1 is 1.47 bits per heavy atom. The molecular weight excluding hydrogens is 284 g/mol. The number of benzene rings is 1. The Labute approximate surface area is 119 Å². The van der Waals surface area contributed by atoms with Crippen molar-refractivity contribution >= 4 is 46.3 Å². The number of rotatable bonds is 4. The number of nitrogens with one attached hydrogen (secondary N) is 1. The summed E-state index contributed by atoms with van der Waals surface area (Å²) in [4.78, 5) is 36.5. The van der Waals surface area contributed by atoms with Gasteiger partial charge in [-0.25, -0.2) is 0 Å². The summed E-state index contributed by atoms with van der Waals surface area (Å²) < 4.78 is 0. The highest BCUT2D eigenvalue weighted by atomic mass is 32.2. The summed E-state index contributed by atoms with van der Waals surface area (Å²) in [5.41, 5.74) is 0.656. The molecule has 0 spiro atoms. The number of hydrogen-bond donors (Lipinski definition) is 1. The molecule has 100 valence electrons.